The zero-order valence-electron chi connectivity index (χ0n) is 9.80. The van der Waals surface area contributed by atoms with Gasteiger partial charge in [-0.3, -0.25) is 4.79 Å². The first-order chi connectivity index (χ1) is 8.58. The molecule has 1 amide bonds. The van der Waals surface area contributed by atoms with E-state index in [4.69, 9.17) is 5.73 Å². The number of nitrogens with zero attached hydrogens (tertiary/aromatic N) is 2. The molecule has 0 aliphatic heterocycles. The number of hydrogen-bond acceptors (Lipinski definition) is 3. The molecule has 0 aliphatic rings. The molecule has 1 heterocycles. The van der Waals surface area contributed by atoms with Crippen molar-refractivity contribution in [3.05, 3.63) is 59.4 Å². The Morgan fingerprint density at radius 2 is 1.78 bits per heavy atom. The summed E-state index contributed by atoms with van der Waals surface area (Å²) < 4.78 is 12.8. The van der Waals surface area contributed by atoms with Crippen molar-refractivity contribution in [3.63, 3.8) is 0 Å². The highest BCUT2D eigenvalue weighted by Gasteiger charge is 2.12. The molecule has 18 heavy (non-hydrogen) atoms. The molecule has 0 aliphatic carbocycles. The molecule has 92 valence electrons. The maximum atomic E-state index is 12.8. The van der Waals surface area contributed by atoms with Crippen LogP contribution in [0.1, 0.15) is 34.6 Å². The van der Waals surface area contributed by atoms with E-state index < -0.39 is 5.91 Å². The maximum Gasteiger partial charge on any atom is 0.251 e. The average molecular weight is 245 g/mol. The Labute approximate surface area is 104 Å². The number of carbonyl (C=O) groups is 1. The first-order valence-electron chi connectivity index (χ1n) is 5.45. The highest BCUT2D eigenvalue weighted by molar-refractivity contribution is 5.92. The van der Waals surface area contributed by atoms with Gasteiger partial charge < -0.3 is 5.73 Å². The monoisotopic (exact) mass is 245 g/mol. The lowest BCUT2D eigenvalue weighted by molar-refractivity contribution is 0.0999. The number of nitrogens with two attached hydrogens (primary N) is 1. The van der Waals surface area contributed by atoms with Gasteiger partial charge in [0.25, 0.3) is 5.91 Å². The van der Waals surface area contributed by atoms with Gasteiger partial charge in [0.05, 0.1) is 5.56 Å². The Bertz CT molecular complexity index is 551. The van der Waals surface area contributed by atoms with Crippen molar-refractivity contribution in [1.82, 2.24) is 9.97 Å². The Hall–Kier alpha value is -2.30. The second-order valence-electron chi connectivity index (χ2n) is 3.97. The van der Waals surface area contributed by atoms with Crippen LogP contribution in [0.4, 0.5) is 4.39 Å². The number of amides is 1. The molecule has 1 unspecified atom stereocenters. The van der Waals surface area contributed by atoms with Crippen molar-refractivity contribution in [3.8, 4) is 0 Å². The SMILES string of the molecule is CC(c1ccc(F)cc1)c1ncc(C(N)=O)cn1. The molecular formula is C13H12FN3O. The van der Waals surface area contributed by atoms with Crippen molar-refractivity contribution < 1.29 is 9.18 Å². The third-order valence-corrected chi connectivity index (χ3v) is 2.71. The van der Waals surface area contributed by atoms with Gasteiger partial charge in [-0.15, -0.1) is 0 Å². The van der Waals surface area contributed by atoms with Crippen molar-refractivity contribution in [2.75, 3.05) is 0 Å². The first-order valence-corrected chi connectivity index (χ1v) is 5.45. The van der Waals surface area contributed by atoms with E-state index in [1.165, 1.54) is 24.5 Å². The number of benzene rings is 1. The van der Waals surface area contributed by atoms with E-state index in [0.29, 0.717) is 5.82 Å². The maximum absolute atomic E-state index is 12.8. The molecule has 2 aromatic rings. The van der Waals surface area contributed by atoms with Crippen LogP contribution in [-0.4, -0.2) is 15.9 Å². The number of halogens is 1. The summed E-state index contributed by atoms with van der Waals surface area (Å²) in [5.74, 6) is -0.355. The molecule has 4 nitrogen and oxygen atoms in total. The van der Waals surface area contributed by atoms with Crippen molar-refractivity contribution in [2.45, 2.75) is 12.8 Å². The summed E-state index contributed by atoms with van der Waals surface area (Å²) in [4.78, 5) is 19.1. The van der Waals surface area contributed by atoms with Crippen LogP contribution in [0, 0.1) is 5.82 Å². The summed E-state index contributed by atoms with van der Waals surface area (Å²) >= 11 is 0. The Balaban J connectivity index is 2.25. The molecule has 0 bridgehead atoms. The predicted octanol–water partition coefficient (Wildman–Crippen LogP) is 1.87. The number of rotatable bonds is 3. The number of aromatic nitrogens is 2. The van der Waals surface area contributed by atoms with Gasteiger partial charge in [0.1, 0.15) is 11.6 Å². The van der Waals surface area contributed by atoms with E-state index in [9.17, 15) is 9.18 Å². The molecule has 0 saturated heterocycles. The van der Waals surface area contributed by atoms with Crippen LogP contribution in [0.25, 0.3) is 0 Å². The fourth-order valence-corrected chi connectivity index (χ4v) is 1.59. The molecule has 5 heteroatoms. The number of primary amides is 1. The smallest absolute Gasteiger partial charge is 0.251 e. The van der Waals surface area contributed by atoms with Crippen molar-refractivity contribution >= 4 is 5.91 Å². The van der Waals surface area contributed by atoms with Crippen molar-refractivity contribution in [1.29, 1.82) is 0 Å². The van der Waals surface area contributed by atoms with Crippen LogP contribution in [0.15, 0.2) is 36.7 Å². The largest absolute Gasteiger partial charge is 0.366 e. The zero-order valence-corrected chi connectivity index (χ0v) is 9.80. The Morgan fingerprint density at radius 3 is 2.28 bits per heavy atom. The number of carbonyl (C=O) groups excluding carboxylic acids is 1. The molecule has 1 aromatic carbocycles. The number of hydrogen-bond donors (Lipinski definition) is 1. The van der Waals surface area contributed by atoms with E-state index in [2.05, 4.69) is 9.97 Å². The second-order valence-corrected chi connectivity index (χ2v) is 3.97. The van der Waals surface area contributed by atoms with Gasteiger partial charge >= 0.3 is 0 Å². The van der Waals surface area contributed by atoms with Crippen molar-refractivity contribution in [2.24, 2.45) is 5.73 Å². The standard InChI is InChI=1S/C13H12FN3O/c1-8(9-2-4-11(14)5-3-9)13-16-6-10(7-17-13)12(15)18/h2-8H,1H3,(H2,15,18). The van der Waals surface area contributed by atoms with E-state index in [0.717, 1.165) is 5.56 Å². The molecule has 0 radical (unpaired) electrons. The van der Waals surface area contributed by atoms with Gasteiger partial charge in [-0.05, 0) is 17.7 Å². The van der Waals surface area contributed by atoms with E-state index in [1.807, 2.05) is 6.92 Å². The molecule has 2 N–H and O–H groups in total. The fourth-order valence-electron chi connectivity index (χ4n) is 1.59. The lowest BCUT2D eigenvalue weighted by Crippen LogP contribution is -2.13. The Kier molecular flexibility index (Phi) is 3.32. The van der Waals surface area contributed by atoms with Gasteiger partial charge in [-0.1, -0.05) is 19.1 Å². The van der Waals surface area contributed by atoms with Crippen LogP contribution in [0.3, 0.4) is 0 Å². The molecule has 0 fully saturated rings. The van der Waals surface area contributed by atoms with Crippen LogP contribution in [0.5, 0.6) is 0 Å². The lowest BCUT2D eigenvalue weighted by Gasteiger charge is -2.10. The van der Waals surface area contributed by atoms with Crippen LogP contribution in [0.2, 0.25) is 0 Å². The fraction of sp³-hybridized carbons (Fsp3) is 0.154. The summed E-state index contributed by atoms with van der Waals surface area (Å²) in [5.41, 5.74) is 6.28. The first kappa shape index (κ1) is 12.2. The topological polar surface area (TPSA) is 68.9 Å². The molecule has 0 spiro atoms. The molecule has 1 aromatic heterocycles. The Morgan fingerprint density at radius 1 is 1.22 bits per heavy atom. The van der Waals surface area contributed by atoms with E-state index >= 15 is 0 Å². The molecule has 2 rings (SSSR count). The third kappa shape index (κ3) is 2.51. The minimum atomic E-state index is -0.559. The minimum absolute atomic E-state index is 0.0764. The molecule has 1 atom stereocenters. The highest BCUT2D eigenvalue weighted by atomic mass is 19.1. The van der Waals surface area contributed by atoms with Crippen LogP contribution < -0.4 is 5.73 Å². The summed E-state index contributed by atoms with van der Waals surface area (Å²) in [5, 5.41) is 0. The molecule has 0 saturated carbocycles. The highest BCUT2D eigenvalue weighted by Crippen LogP contribution is 2.20. The third-order valence-electron chi connectivity index (χ3n) is 2.71. The van der Waals surface area contributed by atoms with E-state index in [1.54, 1.807) is 12.1 Å². The summed E-state index contributed by atoms with van der Waals surface area (Å²) in [6.07, 6.45) is 2.79. The average Bonchev–Trinajstić information content (AvgIpc) is 2.39. The van der Waals surface area contributed by atoms with Gasteiger partial charge in [-0.2, -0.15) is 0 Å². The van der Waals surface area contributed by atoms with Crippen LogP contribution >= 0.6 is 0 Å². The minimum Gasteiger partial charge on any atom is -0.366 e. The summed E-state index contributed by atoms with van der Waals surface area (Å²) in [7, 11) is 0. The van der Waals surface area contributed by atoms with Gasteiger partial charge in [0.15, 0.2) is 0 Å². The zero-order chi connectivity index (χ0) is 13.1. The lowest BCUT2D eigenvalue weighted by atomic mass is 10.0. The normalized spacial score (nSPS) is 12.1. The van der Waals surface area contributed by atoms with Crippen LogP contribution in [-0.2, 0) is 0 Å². The second kappa shape index (κ2) is 4.91. The summed E-state index contributed by atoms with van der Waals surface area (Å²) in [6.45, 7) is 1.91. The quantitative estimate of drug-likeness (QED) is 0.897. The summed E-state index contributed by atoms with van der Waals surface area (Å²) in [6, 6.07) is 6.16. The predicted molar refractivity (Wildman–Crippen MR) is 64.5 cm³/mol. The molecular weight excluding hydrogens is 233 g/mol. The van der Waals surface area contributed by atoms with Gasteiger partial charge in [-0.25, -0.2) is 14.4 Å². The van der Waals surface area contributed by atoms with Gasteiger partial charge in [0, 0.05) is 18.3 Å². The van der Waals surface area contributed by atoms with E-state index in [-0.39, 0.29) is 17.3 Å². The van der Waals surface area contributed by atoms with Gasteiger partial charge in [0.2, 0.25) is 0 Å².